The van der Waals surface area contributed by atoms with Gasteiger partial charge in [-0.15, -0.1) is 0 Å². The standard InChI is InChI=1S/C19H34N2O3/c1-19(2,3)24-18(22)21-10-5-8-17(21)15-6-4-7-16(15)20-12-14-9-11-23-13-14/h14-17,20H,4-13H2,1-3H3. The quantitative estimate of drug-likeness (QED) is 0.855. The average Bonchev–Trinajstić information content (AvgIpc) is 3.23. The highest BCUT2D eigenvalue weighted by Gasteiger charge is 2.42. The molecule has 2 heterocycles. The van der Waals surface area contributed by atoms with Gasteiger partial charge in [-0.05, 0) is 64.7 Å². The second-order valence-electron chi connectivity index (χ2n) is 8.72. The van der Waals surface area contributed by atoms with Crippen LogP contribution in [0.3, 0.4) is 0 Å². The lowest BCUT2D eigenvalue weighted by molar-refractivity contribution is 0.0166. The Balaban J connectivity index is 1.57. The van der Waals surface area contributed by atoms with Gasteiger partial charge in [0.2, 0.25) is 0 Å². The van der Waals surface area contributed by atoms with Crippen molar-refractivity contribution in [3.63, 3.8) is 0 Å². The van der Waals surface area contributed by atoms with Crippen molar-refractivity contribution in [3.8, 4) is 0 Å². The number of likely N-dealkylation sites (tertiary alicyclic amines) is 1. The molecule has 4 atom stereocenters. The summed E-state index contributed by atoms with van der Waals surface area (Å²) in [5.74, 6) is 1.24. The van der Waals surface area contributed by atoms with Crippen molar-refractivity contribution in [2.75, 3.05) is 26.3 Å². The second-order valence-corrected chi connectivity index (χ2v) is 8.72. The number of nitrogens with one attached hydrogen (secondary N) is 1. The van der Waals surface area contributed by atoms with Crippen LogP contribution in [0.25, 0.3) is 0 Å². The minimum atomic E-state index is -0.417. The van der Waals surface area contributed by atoms with Crippen molar-refractivity contribution < 1.29 is 14.3 Å². The highest BCUT2D eigenvalue weighted by Crippen LogP contribution is 2.36. The van der Waals surface area contributed by atoms with Crippen LogP contribution in [0.2, 0.25) is 0 Å². The molecule has 0 radical (unpaired) electrons. The first-order valence-corrected chi connectivity index (χ1v) is 9.75. The Hall–Kier alpha value is -0.810. The number of carbonyl (C=O) groups excluding carboxylic acids is 1. The predicted molar refractivity (Wildman–Crippen MR) is 94.0 cm³/mol. The van der Waals surface area contributed by atoms with E-state index in [4.69, 9.17) is 9.47 Å². The van der Waals surface area contributed by atoms with Crippen molar-refractivity contribution in [2.24, 2.45) is 11.8 Å². The SMILES string of the molecule is CC(C)(C)OC(=O)N1CCCC1C1CCCC1NCC1CCOC1. The van der Waals surface area contributed by atoms with Gasteiger partial charge in [0.25, 0.3) is 0 Å². The molecule has 3 aliphatic rings. The molecular weight excluding hydrogens is 304 g/mol. The molecule has 0 aromatic rings. The van der Waals surface area contributed by atoms with E-state index in [1.807, 2.05) is 25.7 Å². The lowest BCUT2D eigenvalue weighted by Crippen LogP contribution is -2.48. The largest absolute Gasteiger partial charge is 0.444 e. The first kappa shape index (κ1) is 18.0. The van der Waals surface area contributed by atoms with Crippen LogP contribution in [-0.2, 0) is 9.47 Å². The van der Waals surface area contributed by atoms with E-state index in [9.17, 15) is 4.79 Å². The molecule has 0 aromatic heterocycles. The van der Waals surface area contributed by atoms with Gasteiger partial charge in [-0.1, -0.05) is 6.42 Å². The predicted octanol–water partition coefficient (Wildman–Crippen LogP) is 3.18. The molecule has 3 fully saturated rings. The first-order chi connectivity index (χ1) is 11.4. The van der Waals surface area contributed by atoms with Crippen LogP contribution in [0.5, 0.6) is 0 Å². The maximum absolute atomic E-state index is 12.6. The minimum absolute atomic E-state index is 0.125. The zero-order valence-electron chi connectivity index (χ0n) is 15.6. The molecule has 1 saturated carbocycles. The Morgan fingerprint density at radius 2 is 2.04 bits per heavy atom. The fourth-order valence-electron chi connectivity index (χ4n) is 4.55. The number of nitrogens with zero attached hydrogens (tertiary/aromatic N) is 1. The van der Waals surface area contributed by atoms with Crippen molar-refractivity contribution >= 4 is 6.09 Å². The second kappa shape index (κ2) is 7.61. The molecular formula is C19H34N2O3. The Morgan fingerprint density at radius 3 is 2.75 bits per heavy atom. The molecule has 2 aliphatic heterocycles. The van der Waals surface area contributed by atoms with E-state index in [0.717, 1.165) is 39.1 Å². The summed E-state index contributed by atoms with van der Waals surface area (Å²) in [5, 5.41) is 3.80. The number of amides is 1. The summed E-state index contributed by atoms with van der Waals surface area (Å²) in [4.78, 5) is 14.6. The molecule has 0 spiro atoms. The number of rotatable bonds is 4. The molecule has 0 bridgehead atoms. The maximum Gasteiger partial charge on any atom is 0.410 e. The molecule has 1 N–H and O–H groups in total. The smallest absolute Gasteiger partial charge is 0.410 e. The average molecular weight is 338 g/mol. The third kappa shape index (κ3) is 4.42. The molecule has 0 aromatic carbocycles. The number of hydrogen-bond acceptors (Lipinski definition) is 4. The molecule has 2 saturated heterocycles. The normalized spacial score (nSPS) is 34.0. The van der Waals surface area contributed by atoms with E-state index in [1.165, 1.54) is 25.7 Å². The van der Waals surface area contributed by atoms with Gasteiger partial charge in [0.1, 0.15) is 5.60 Å². The first-order valence-electron chi connectivity index (χ1n) is 9.75. The van der Waals surface area contributed by atoms with Crippen molar-refractivity contribution in [1.29, 1.82) is 0 Å². The zero-order valence-corrected chi connectivity index (χ0v) is 15.6. The summed E-state index contributed by atoms with van der Waals surface area (Å²) >= 11 is 0. The fraction of sp³-hybridized carbons (Fsp3) is 0.947. The monoisotopic (exact) mass is 338 g/mol. The number of hydrogen-bond donors (Lipinski definition) is 1. The van der Waals surface area contributed by atoms with Crippen molar-refractivity contribution in [3.05, 3.63) is 0 Å². The van der Waals surface area contributed by atoms with Crippen molar-refractivity contribution in [2.45, 2.75) is 77.0 Å². The van der Waals surface area contributed by atoms with Gasteiger partial charge in [0.05, 0.1) is 6.61 Å². The van der Waals surface area contributed by atoms with E-state index >= 15 is 0 Å². The third-order valence-electron chi connectivity index (χ3n) is 5.68. The summed E-state index contributed by atoms with van der Waals surface area (Å²) in [6.45, 7) is 9.55. The van der Waals surface area contributed by atoms with E-state index < -0.39 is 5.60 Å². The van der Waals surface area contributed by atoms with Crippen LogP contribution in [0.15, 0.2) is 0 Å². The summed E-state index contributed by atoms with van der Waals surface area (Å²) in [6, 6.07) is 0.887. The Morgan fingerprint density at radius 1 is 1.21 bits per heavy atom. The molecule has 1 aliphatic carbocycles. The highest BCUT2D eigenvalue weighted by atomic mass is 16.6. The Labute approximate surface area is 146 Å². The van der Waals surface area contributed by atoms with Crippen LogP contribution >= 0.6 is 0 Å². The molecule has 24 heavy (non-hydrogen) atoms. The lowest BCUT2D eigenvalue weighted by atomic mass is 9.92. The van der Waals surface area contributed by atoms with E-state index in [-0.39, 0.29) is 6.09 Å². The Bertz CT molecular complexity index is 429. The van der Waals surface area contributed by atoms with Gasteiger partial charge in [-0.2, -0.15) is 0 Å². The molecule has 5 nitrogen and oxygen atoms in total. The highest BCUT2D eigenvalue weighted by molar-refractivity contribution is 5.69. The summed E-state index contributed by atoms with van der Waals surface area (Å²) in [7, 11) is 0. The van der Waals surface area contributed by atoms with Crippen LogP contribution in [0.4, 0.5) is 4.79 Å². The van der Waals surface area contributed by atoms with Gasteiger partial charge < -0.3 is 19.7 Å². The van der Waals surface area contributed by atoms with Crippen LogP contribution in [0.1, 0.15) is 59.3 Å². The minimum Gasteiger partial charge on any atom is -0.444 e. The molecule has 1 amide bonds. The van der Waals surface area contributed by atoms with Crippen LogP contribution < -0.4 is 5.32 Å². The summed E-state index contributed by atoms with van der Waals surface area (Å²) in [6.07, 6.45) is 7.00. The topological polar surface area (TPSA) is 50.8 Å². The van der Waals surface area contributed by atoms with E-state index in [1.54, 1.807) is 0 Å². The fourth-order valence-corrected chi connectivity index (χ4v) is 4.55. The zero-order chi connectivity index (χ0) is 17.2. The summed E-state index contributed by atoms with van der Waals surface area (Å²) in [5.41, 5.74) is -0.417. The summed E-state index contributed by atoms with van der Waals surface area (Å²) < 4.78 is 11.1. The third-order valence-corrected chi connectivity index (χ3v) is 5.68. The van der Waals surface area contributed by atoms with E-state index in [0.29, 0.717) is 23.9 Å². The van der Waals surface area contributed by atoms with Crippen molar-refractivity contribution in [1.82, 2.24) is 10.2 Å². The van der Waals surface area contributed by atoms with Gasteiger partial charge in [0, 0.05) is 31.8 Å². The number of carbonyl (C=O) groups is 1. The van der Waals surface area contributed by atoms with Crippen LogP contribution in [0, 0.1) is 11.8 Å². The molecule has 138 valence electrons. The van der Waals surface area contributed by atoms with Gasteiger partial charge in [-0.25, -0.2) is 4.79 Å². The van der Waals surface area contributed by atoms with Gasteiger partial charge in [-0.3, -0.25) is 0 Å². The van der Waals surface area contributed by atoms with E-state index in [2.05, 4.69) is 5.32 Å². The lowest BCUT2D eigenvalue weighted by Gasteiger charge is -2.34. The molecule has 4 unspecified atom stereocenters. The number of ether oxygens (including phenoxy) is 2. The molecule has 5 heteroatoms. The van der Waals surface area contributed by atoms with Gasteiger partial charge in [0.15, 0.2) is 0 Å². The Kier molecular flexibility index (Phi) is 5.70. The van der Waals surface area contributed by atoms with Crippen LogP contribution in [-0.4, -0.2) is 55.0 Å². The van der Waals surface area contributed by atoms with Gasteiger partial charge >= 0.3 is 6.09 Å². The molecule has 3 rings (SSSR count). The maximum atomic E-state index is 12.6.